The molecule has 0 aromatic heterocycles. The van der Waals surface area contributed by atoms with E-state index in [1.807, 2.05) is 0 Å². The molecule has 0 aliphatic heterocycles. The molecule has 0 spiro atoms. The Morgan fingerprint density at radius 2 is 1.94 bits per heavy atom. The summed E-state index contributed by atoms with van der Waals surface area (Å²) in [5.41, 5.74) is 0.628. The van der Waals surface area contributed by atoms with Gasteiger partial charge in [-0.25, -0.2) is 8.42 Å². The molecule has 0 unspecified atom stereocenters. The van der Waals surface area contributed by atoms with E-state index in [1.165, 1.54) is 25.3 Å². The van der Waals surface area contributed by atoms with Crippen molar-refractivity contribution < 1.29 is 18.3 Å². The minimum atomic E-state index is -3.34. The highest BCUT2D eigenvalue weighted by Crippen LogP contribution is 2.18. The summed E-state index contributed by atoms with van der Waals surface area (Å²) in [5, 5.41) is 8.68. The van der Waals surface area contributed by atoms with Crippen LogP contribution in [0.25, 0.3) is 0 Å². The maximum Gasteiger partial charge on any atom is 0.182 e. The van der Waals surface area contributed by atoms with E-state index in [0.29, 0.717) is 11.3 Å². The van der Waals surface area contributed by atoms with Crippen LogP contribution in [0.3, 0.4) is 0 Å². The molecule has 1 aromatic rings. The molecule has 1 aromatic carbocycles. The molecule has 0 heterocycles. The Labute approximate surface area is 101 Å². The van der Waals surface area contributed by atoms with Crippen LogP contribution in [0.2, 0.25) is 0 Å². The molecule has 0 aliphatic carbocycles. The molecule has 0 bridgehead atoms. The van der Waals surface area contributed by atoms with Gasteiger partial charge in [0.25, 0.3) is 0 Å². The highest BCUT2D eigenvalue weighted by molar-refractivity contribution is 7.91. The van der Waals surface area contributed by atoms with Gasteiger partial charge in [-0.3, -0.25) is 0 Å². The highest BCUT2D eigenvalue weighted by Gasteiger charge is 2.14. The first-order chi connectivity index (χ1) is 7.99. The Hall–Kier alpha value is -1.33. The van der Waals surface area contributed by atoms with E-state index in [4.69, 9.17) is 9.84 Å². The molecule has 5 heteroatoms. The Morgan fingerprint density at radius 3 is 2.41 bits per heavy atom. The van der Waals surface area contributed by atoms with Gasteiger partial charge in [-0.1, -0.05) is 11.6 Å². The van der Waals surface area contributed by atoms with E-state index in [-0.39, 0.29) is 17.3 Å². The fraction of sp³-hybridized carbons (Fsp3) is 0.333. The average Bonchev–Trinajstić information content (AvgIpc) is 2.28. The van der Waals surface area contributed by atoms with E-state index in [9.17, 15) is 8.42 Å². The standard InChI is InChI=1S/C12H16O4S/c1-10(7-8-13)9-17(14,15)12-5-3-11(16-2)4-6-12/h3-7,13H,8-9H2,1-2H3/b10-7+. The van der Waals surface area contributed by atoms with Gasteiger partial charge < -0.3 is 9.84 Å². The fourth-order valence-corrected chi connectivity index (χ4v) is 2.82. The summed E-state index contributed by atoms with van der Waals surface area (Å²) in [4.78, 5) is 0.254. The zero-order chi connectivity index (χ0) is 12.9. The number of methoxy groups -OCH3 is 1. The van der Waals surface area contributed by atoms with Crippen LogP contribution >= 0.6 is 0 Å². The predicted octanol–water partition coefficient (Wildman–Crippen LogP) is 1.41. The van der Waals surface area contributed by atoms with Gasteiger partial charge in [-0.15, -0.1) is 0 Å². The predicted molar refractivity (Wildman–Crippen MR) is 65.9 cm³/mol. The maximum absolute atomic E-state index is 12.0. The van der Waals surface area contributed by atoms with Crippen LogP contribution in [0.4, 0.5) is 0 Å². The summed E-state index contributed by atoms with van der Waals surface area (Å²) in [7, 11) is -1.82. The van der Waals surface area contributed by atoms with Crippen LogP contribution in [0.1, 0.15) is 6.92 Å². The van der Waals surface area contributed by atoms with Gasteiger partial charge in [0.2, 0.25) is 0 Å². The van der Waals surface area contributed by atoms with Gasteiger partial charge in [-0.05, 0) is 31.2 Å². The molecule has 0 radical (unpaired) electrons. The topological polar surface area (TPSA) is 63.6 Å². The Morgan fingerprint density at radius 1 is 1.35 bits per heavy atom. The smallest absolute Gasteiger partial charge is 0.182 e. The first-order valence-corrected chi connectivity index (χ1v) is 6.78. The van der Waals surface area contributed by atoms with Crippen LogP contribution < -0.4 is 4.74 Å². The minimum Gasteiger partial charge on any atom is -0.497 e. The summed E-state index contributed by atoms with van der Waals surface area (Å²) in [6, 6.07) is 6.25. The van der Waals surface area contributed by atoms with Crippen molar-refractivity contribution in [2.45, 2.75) is 11.8 Å². The number of aliphatic hydroxyl groups excluding tert-OH is 1. The minimum absolute atomic E-state index is 0.0834. The normalized spacial score (nSPS) is 12.5. The fourth-order valence-electron chi connectivity index (χ4n) is 1.38. The van der Waals surface area contributed by atoms with Crippen molar-refractivity contribution in [2.24, 2.45) is 0 Å². The van der Waals surface area contributed by atoms with Gasteiger partial charge in [0.15, 0.2) is 9.84 Å². The summed E-state index contributed by atoms with van der Waals surface area (Å²) in [5.74, 6) is 0.534. The first-order valence-electron chi connectivity index (χ1n) is 5.13. The third-order valence-electron chi connectivity index (χ3n) is 2.28. The molecule has 1 N–H and O–H groups in total. The Kier molecular flexibility index (Phi) is 4.72. The largest absolute Gasteiger partial charge is 0.497 e. The third-order valence-corrected chi connectivity index (χ3v) is 4.10. The van der Waals surface area contributed by atoms with Crippen LogP contribution in [0, 0.1) is 0 Å². The molecule has 1 rings (SSSR count). The summed E-state index contributed by atoms with van der Waals surface area (Å²) >= 11 is 0. The number of aliphatic hydroxyl groups is 1. The van der Waals surface area contributed by atoms with E-state index >= 15 is 0 Å². The maximum atomic E-state index is 12.0. The summed E-state index contributed by atoms with van der Waals surface area (Å²) in [6.45, 7) is 1.53. The van der Waals surface area contributed by atoms with Gasteiger partial charge in [0, 0.05) is 0 Å². The Bertz CT molecular complexity index is 486. The van der Waals surface area contributed by atoms with Crippen LogP contribution in [0.15, 0.2) is 40.8 Å². The number of hydrogen-bond acceptors (Lipinski definition) is 4. The van der Waals surface area contributed by atoms with Crippen molar-refractivity contribution in [3.63, 3.8) is 0 Å². The van der Waals surface area contributed by atoms with Crippen molar-refractivity contribution >= 4 is 9.84 Å². The monoisotopic (exact) mass is 256 g/mol. The van der Waals surface area contributed by atoms with Crippen molar-refractivity contribution in [1.29, 1.82) is 0 Å². The summed E-state index contributed by atoms with van der Waals surface area (Å²) in [6.07, 6.45) is 1.49. The molecule has 0 aliphatic rings. The Balaban J connectivity index is 2.93. The molecule has 94 valence electrons. The highest BCUT2D eigenvalue weighted by atomic mass is 32.2. The summed E-state index contributed by atoms with van der Waals surface area (Å²) < 4.78 is 28.9. The number of rotatable bonds is 5. The van der Waals surface area contributed by atoms with Crippen molar-refractivity contribution in [1.82, 2.24) is 0 Å². The SMILES string of the molecule is COc1ccc(S(=O)(=O)C/C(C)=C/CO)cc1. The molecule has 0 saturated heterocycles. The number of sulfone groups is 1. The molecule has 0 atom stereocenters. The molecule has 4 nitrogen and oxygen atoms in total. The molecule has 0 fully saturated rings. The van der Waals surface area contributed by atoms with Crippen molar-refractivity contribution in [2.75, 3.05) is 19.5 Å². The molecule has 17 heavy (non-hydrogen) atoms. The average molecular weight is 256 g/mol. The lowest BCUT2D eigenvalue weighted by atomic mass is 10.3. The second kappa shape index (κ2) is 5.84. The molecule has 0 saturated carbocycles. The van der Waals surface area contributed by atoms with Gasteiger partial charge in [0.1, 0.15) is 5.75 Å². The molecular formula is C12H16O4S. The second-order valence-electron chi connectivity index (χ2n) is 3.67. The lowest BCUT2D eigenvalue weighted by Gasteiger charge is -2.05. The number of benzene rings is 1. The van der Waals surface area contributed by atoms with Crippen LogP contribution in [-0.4, -0.2) is 33.0 Å². The zero-order valence-corrected chi connectivity index (χ0v) is 10.7. The molecular weight excluding hydrogens is 240 g/mol. The van der Waals surface area contributed by atoms with E-state index in [0.717, 1.165) is 0 Å². The first kappa shape index (κ1) is 13.7. The number of ether oxygens (including phenoxy) is 1. The third kappa shape index (κ3) is 3.87. The van der Waals surface area contributed by atoms with Gasteiger partial charge >= 0.3 is 0 Å². The quantitative estimate of drug-likeness (QED) is 0.809. The number of hydrogen-bond donors (Lipinski definition) is 1. The molecule has 0 amide bonds. The van der Waals surface area contributed by atoms with Crippen molar-refractivity contribution in [3.8, 4) is 5.75 Å². The van der Waals surface area contributed by atoms with Gasteiger partial charge in [0.05, 0.1) is 24.4 Å². The van der Waals surface area contributed by atoms with E-state index < -0.39 is 9.84 Å². The zero-order valence-electron chi connectivity index (χ0n) is 9.88. The van der Waals surface area contributed by atoms with Crippen molar-refractivity contribution in [3.05, 3.63) is 35.9 Å². The van der Waals surface area contributed by atoms with Crippen LogP contribution in [0.5, 0.6) is 5.75 Å². The van der Waals surface area contributed by atoms with E-state index in [1.54, 1.807) is 19.1 Å². The second-order valence-corrected chi connectivity index (χ2v) is 5.66. The lowest BCUT2D eigenvalue weighted by Crippen LogP contribution is -2.08. The lowest BCUT2D eigenvalue weighted by molar-refractivity contribution is 0.342. The van der Waals surface area contributed by atoms with Crippen LogP contribution in [-0.2, 0) is 9.84 Å². The van der Waals surface area contributed by atoms with Gasteiger partial charge in [-0.2, -0.15) is 0 Å². The van der Waals surface area contributed by atoms with E-state index in [2.05, 4.69) is 0 Å².